The van der Waals surface area contributed by atoms with Crippen LogP contribution in [0.2, 0.25) is 0 Å². The molecule has 1 aliphatic rings. The van der Waals surface area contributed by atoms with E-state index in [-0.39, 0.29) is 16.8 Å². The number of benzene rings is 3. The Bertz CT molecular complexity index is 1130. The molecule has 3 N–H and O–H groups in total. The third kappa shape index (κ3) is 5.06. The first kappa shape index (κ1) is 20.1. The Hall–Kier alpha value is -3.16. The molecule has 0 bridgehead atoms. The lowest BCUT2D eigenvalue weighted by atomic mass is 9.99. The van der Waals surface area contributed by atoms with Crippen LogP contribution >= 0.6 is 0 Å². The number of sulfonamides is 1. The second kappa shape index (κ2) is 8.69. The van der Waals surface area contributed by atoms with E-state index in [1.807, 2.05) is 48.5 Å². The Morgan fingerprint density at radius 1 is 0.867 bits per heavy atom. The van der Waals surface area contributed by atoms with E-state index in [1.165, 1.54) is 12.1 Å². The second-order valence-electron chi connectivity index (χ2n) is 7.32. The third-order valence-corrected chi connectivity index (χ3v) is 6.42. The molecule has 1 amide bonds. The van der Waals surface area contributed by atoms with E-state index in [9.17, 15) is 13.2 Å². The first-order chi connectivity index (χ1) is 14.5. The lowest BCUT2D eigenvalue weighted by Gasteiger charge is -2.12. The first-order valence-electron chi connectivity index (χ1n) is 9.82. The van der Waals surface area contributed by atoms with Gasteiger partial charge in [-0.3, -0.25) is 15.6 Å². The number of anilines is 1. The SMILES string of the molecule is O=C(NNc1ccc(S(=O)(=O)NC2CC2)cc1)c1ccccc1Cc1ccccc1. The summed E-state index contributed by atoms with van der Waals surface area (Å²) >= 11 is 0. The highest BCUT2D eigenvalue weighted by molar-refractivity contribution is 7.89. The smallest absolute Gasteiger partial charge is 0.269 e. The van der Waals surface area contributed by atoms with Gasteiger partial charge in [-0.15, -0.1) is 0 Å². The molecule has 0 aromatic heterocycles. The summed E-state index contributed by atoms with van der Waals surface area (Å²) in [7, 11) is -3.49. The monoisotopic (exact) mass is 421 g/mol. The molecular weight excluding hydrogens is 398 g/mol. The minimum Gasteiger partial charge on any atom is -0.298 e. The van der Waals surface area contributed by atoms with Crippen molar-refractivity contribution in [1.82, 2.24) is 10.1 Å². The number of carbonyl (C=O) groups excluding carboxylic acids is 1. The van der Waals surface area contributed by atoms with Gasteiger partial charge in [0.1, 0.15) is 0 Å². The maximum atomic E-state index is 12.7. The number of nitrogens with one attached hydrogen (secondary N) is 3. The van der Waals surface area contributed by atoms with Gasteiger partial charge in [0.25, 0.3) is 5.91 Å². The highest BCUT2D eigenvalue weighted by Gasteiger charge is 2.27. The van der Waals surface area contributed by atoms with Crippen molar-refractivity contribution in [3.05, 3.63) is 95.6 Å². The maximum Gasteiger partial charge on any atom is 0.269 e. The Labute approximate surface area is 176 Å². The van der Waals surface area contributed by atoms with E-state index in [0.717, 1.165) is 24.0 Å². The van der Waals surface area contributed by atoms with Gasteiger partial charge in [0.05, 0.1) is 10.6 Å². The zero-order valence-corrected chi connectivity index (χ0v) is 17.2. The molecule has 30 heavy (non-hydrogen) atoms. The molecule has 154 valence electrons. The summed E-state index contributed by atoms with van der Waals surface area (Å²) in [5, 5.41) is 0. The van der Waals surface area contributed by atoms with Crippen LogP contribution in [-0.4, -0.2) is 20.4 Å². The van der Waals surface area contributed by atoms with Crippen LogP contribution in [0.4, 0.5) is 5.69 Å². The van der Waals surface area contributed by atoms with Crippen molar-refractivity contribution in [3.8, 4) is 0 Å². The number of hydrogen-bond donors (Lipinski definition) is 3. The average Bonchev–Trinajstić information content (AvgIpc) is 3.57. The molecule has 3 aromatic rings. The lowest BCUT2D eigenvalue weighted by Crippen LogP contribution is -2.30. The molecule has 0 atom stereocenters. The Kier molecular flexibility index (Phi) is 5.83. The average molecular weight is 422 g/mol. The van der Waals surface area contributed by atoms with Crippen molar-refractivity contribution in [2.24, 2.45) is 0 Å². The largest absolute Gasteiger partial charge is 0.298 e. The van der Waals surface area contributed by atoms with E-state index in [0.29, 0.717) is 17.7 Å². The van der Waals surface area contributed by atoms with Crippen LogP contribution < -0.4 is 15.6 Å². The normalized spacial score (nSPS) is 13.6. The van der Waals surface area contributed by atoms with Crippen LogP contribution in [0.5, 0.6) is 0 Å². The molecule has 0 radical (unpaired) electrons. The van der Waals surface area contributed by atoms with Gasteiger partial charge in [-0.1, -0.05) is 48.5 Å². The van der Waals surface area contributed by atoms with Crippen LogP contribution in [0.1, 0.15) is 34.3 Å². The molecule has 0 saturated heterocycles. The predicted molar refractivity (Wildman–Crippen MR) is 117 cm³/mol. The summed E-state index contributed by atoms with van der Waals surface area (Å²) in [6.45, 7) is 0. The summed E-state index contributed by atoms with van der Waals surface area (Å²) in [6.07, 6.45) is 2.43. The molecule has 3 aromatic carbocycles. The maximum absolute atomic E-state index is 12.7. The van der Waals surface area contributed by atoms with E-state index < -0.39 is 10.0 Å². The highest BCUT2D eigenvalue weighted by atomic mass is 32.2. The van der Waals surface area contributed by atoms with Gasteiger partial charge in [0, 0.05) is 11.6 Å². The third-order valence-electron chi connectivity index (χ3n) is 4.88. The number of amides is 1. The van der Waals surface area contributed by atoms with Crippen LogP contribution in [0.25, 0.3) is 0 Å². The van der Waals surface area contributed by atoms with E-state index in [1.54, 1.807) is 18.2 Å². The van der Waals surface area contributed by atoms with Crippen LogP contribution in [-0.2, 0) is 16.4 Å². The lowest BCUT2D eigenvalue weighted by molar-refractivity contribution is 0.0962. The summed E-state index contributed by atoms with van der Waals surface area (Å²) in [4.78, 5) is 12.9. The zero-order chi connectivity index (χ0) is 21.0. The molecular formula is C23H23N3O3S. The molecule has 7 heteroatoms. The Balaban J connectivity index is 1.40. The van der Waals surface area contributed by atoms with Gasteiger partial charge >= 0.3 is 0 Å². The fourth-order valence-corrected chi connectivity index (χ4v) is 4.42. The number of hydrazine groups is 1. The predicted octanol–water partition coefficient (Wildman–Crippen LogP) is 3.48. The second-order valence-corrected chi connectivity index (χ2v) is 9.03. The Morgan fingerprint density at radius 2 is 1.53 bits per heavy atom. The van der Waals surface area contributed by atoms with Crippen molar-refractivity contribution >= 4 is 21.6 Å². The van der Waals surface area contributed by atoms with E-state index in [4.69, 9.17) is 0 Å². The van der Waals surface area contributed by atoms with Gasteiger partial charge in [0.2, 0.25) is 10.0 Å². The van der Waals surface area contributed by atoms with Crippen molar-refractivity contribution in [1.29, 1.82) is 0 Å². The molecule has 0 aliphatic heterocycles. The fourth-order valence-electron chi connectivity index (χ4n) is 3.11. The van der Waals surface area contributed by atoms with Crippen LogP contribution in [0.15, 0.2) is 83.8 Å². The minimum absolute atomic E-state index is 0.0584. The van der Waals surface area contributed by atoms with Gasteiger partial charge in [-0.2, -0.15) is 0 Å². The van der Waals surface area contributed by atoms with E-state index >= 15 is 0 Å². The van der Waals surface area contributed by atoms with Crippen molar-refractivity contribution < 1.29 is 13.2 Å². The molecule has 4 rings (SSSR count). The zero-order valence-electron chi connectivity index (χ0n) is 16.3. The molecule has 0 unspecified atom stereocenters. The minimum atomic E-state index is -3.49. The molecule has 0 spiro atoms. The number of carbonyl (C=O) groups is 1. The molecule has 6 nitrogen and oxygen atoms in total. The van der Waals surface area contributed by atoms with E-state index in [2.05, 4.69) is 15.6 Å². The summed E-state index contributed by atoms with van der Waals surface area (Å²) in [5.74, 6) is -0.256. The number of rotatable bonds is 8. The number of hydrogen-bond acceptors (Lipinski definition) is 4. The van der Waals surface area contributed by atoms with Gasteiger partial charge in [-0.05, 0) is 60.7 Å². The topological polar surface area (TPSA) is 87.3 Å². The summed E-state index contributed by atoms with van der Waals surface area (Å²) in [6, 6.07) is 23.8. The highest BCUT2D eigenvalue weighted by Crippen LogP contribution is 2.22. The van der Waals surface area contributed by atoms with Gasteiger partial charge < -0.3 is 0 Å². The Morgan fingerprint density at radius 3 is 2.23 bits per heavy atom. The summed E-state index contributed by atoms with van der Waals surface area (Å²) < 4.78 is 27.1. The van der Waals surface area contributed by atoms with Crippen molar-refractivity contribution in [2.75, 3.05) is 5.43 Å². The van der Waals surface area contributed by atoms with Crippen LogP contribution in [0, 0.1) is 0 Å². The standard InChI is InChI=1S/C23H23N3O3S/c27-23(22-9-5-4-8-18(22)16-17-6-2-1-3-7-17)25-24-19-12-14-21(15-13-19)30(28,29)26-20-10-11-20/h1-9,12-15,20,24,26H,10-11,16H2,(H,25,27). The van der Waals surface area contributed by atoms with Gasteiger partial charge in [-0.25, -0.2) is 13.1 Å². The molecule has 1 fully saturated rings. The van der Waals surface area contributed by atoms with Crippen molar-refractivity contribution in [2.45, 2.75) is 30.2 Å². The molecule has 1 aliphatic carbocycles. The van der Waals surface area contributed by atoms with Crippen molar-refractivity contribution in [3.63, 3.8) is 0 Å². The van der Waals surface area contributed by atoms with Gasteiger partial charge in [0.15, 0.2) is 0 Å². The molecule has 1 saturated carbocycles. The fraction of sp³-hybridized carbons (Fsp3) is 0.174. The van der Waals surface area contributed by atoms with Crippen LogP contribution in [0.3, 0.4) is 0 Å². The summed E-state index contributed by atoms with van der Waals surface area (Å²) in [5.41, 5.74) is 8.77. The molecule has 0 heterocycles. The first-order valence-corrected chi connectivity index (χ1v) is 11.3. The quantitative estimate of drug-likeness (QED) is 0.486.